The van der Waals surface area contributed by atoms with Crippen LogP contribution in [-0.2, 0) is 6.54 Å². The smallest absolute Gasteiger partial charge is 0.0231 e. The van der Waals surface area contributed by atoms with E-state index >= 15 is 0 Å². The lowest BCUT2D eigenvalue weighted by Crippen LogP contribution is -2.44. The van der Waals surface area contributed by atoms with Gasteiger partial charge in [-0.15, -0.1) is 0 Å². The first-order valence-electron chi connectivity index (χ1n) is 8.38. The molecule has 1 aromatic carbocycles. The maximum Gasteiger partial charge on any atom is 0.0231 e. The molecule has 1 N–H and O–H groups in total. The number of nitrogens with zero attached hydrogens (tertiary/aromatic N) is 1. The summed E-state index contributed by atoms with van der Waals surface area (Å²) in [6.07, 6.45) is 2.45. The van der Waals surface area contributed by atoms with E-state index in [0.717, 1.165) is 19.6 Å². The molecule has 0 aromatic heterocycles. The van der Waals surface area contributed by atoms with E-state index in [-0.39, 0.29) is 0 Å². The van der Waals surface area contributed by atoms with Gasteiger partial charge >= 0.3 is 0 Å². The van der Waals surface area contributed by atoms with Gasteiger partial charge in [-0.3, -0.25) is 0 Å². The molecular weight excluding hydrogens is 256 g/mol. The summed E-state index contributed by atoms with van der Waals surface area (Å²) in [5, 5.41) is 3.64. The second-order valence-electron chi connectivity index (χ2n) is 6.90. The Morgan fingerprint density at radius 1 is 1.19 bits per heavy atom. The van der Waals surface area contributed by atoms with Crippen molar-refractivity contribution in [1.82, 2.24) is 10.2 Å². The van der Waals surface area contributed by atoms with Crippen molar-refractivity contribution in [3.8, 4) is 0 Å². The van der Waals surface area contributed by atoms with Crippen LogP contribution in [-0.4, -0.2) is 31.1 Å². The Labute approximate surface area is 131 Å². The number of benzene rings is 1. The van der Waals surface area contributed by atoms with Gasteiger partial charge in [-0.2, -0.15) is 0 Å². The van der Waals surface area contributed by atoms with Gasteiger partial charge in [0.25, 0.3) is 0 Å². The predicted octanol–water partition coefficient (Wildman–Crippen LogP) is 4.23. The standard InChI is InChI=1S/C19H34N2/c1-7-19(8-2,14-20-16(3)4)15-21(6)13-18-11-9-10-17(5)12-18/h9-12,16,20H,7-8,13-15H2,1-6H3. The van der Waals surface area contributed by atoms with E-state index in [1.165, 1.54) is 24.0 Å². The van der Waals surface area contributed by atoms with Crippen molar-refractivity contribution in [2.75, 3.05) is 20.1 Å². The topological polar surface area (TPSA) is 15.3 Å². The molecule has 120 valence electrons. The van der Waals surface area contributed by atoms with Gasteiger partial charge in [-0.1, -0.05) is 57.5 Å². The highest BCUT2D eigenvalue weighted by molar-refractivity contribution is 5.22. The Kier molecular flexibility index (Phi) is 7.41. The molecule has 0 aliphatic rings. The van der Waals surface area contributed by atoms with Crippen LogP contribution in [0.5, 0.6) is 0 Å². The monoisotopic (exact) mass is 290 g/mol. The highest BCUT2D eigenvalue weighted by atomic mass is 15.1. The maximum atomic E-state index is 3.64. The molecule has 0 saturated heterocycles. The van der Waals surface area contributed by atoms with Crippen LogP contribution < -0.4 is 5.32 Å². The number of aryl methyl sites for hydroxylation is 1. The normalized spacial score (nSPS) is 12.4. The third-order valence-electron chi connectivity index (χ3n) is 4.53. The molecule has 0 heterocycles. The first kappa shape index (κ1) is 18.2. The van der Waals surface area contributed by atoms with E-state index in [0.29, 0.717) is 11.5 Å². The third kappa shape index (κ3) is 6.19. The molecule has 0 aliphatic heterocycles. The summed E-state index contributed by atoms with van der Waals surface area (Å²) in [5.41, 5.74) is 3.14. The molecular formula is C19H34N2. The van der Waals surface area contributed by atoms with E-state index in [1.807, 2.05) is 0 Å². The lowest BCUT2D eigenvalue weighted by molar-refractivity contribution is 0.148. The molecule has 0 aliphatic carbocycles. The molecule has 0 unspecified atom stereocenters. The lowest BCUT2D eigenvalue weighted by atomic mass is 9.81. The highest BCUT2D eigenvalue weighted by Gasteiger charge is 2.27. The van der Waals surface area contributed by atoms with Crippen molar-refractivity contribution in [3.05, 3.63) is 35.4 Å². The molecule has 2 heteroatoms. The maximum absolute atomic E-state index is 3.64. The predicted molar refractivity (Wildman–Crippen MR) is 93.7 cm³/mol. The Morgan fingerprint density at radius 3 is 2.38 bits per heavy atom. The van der Waals surface area contributed by atoms with Crippen LogP contribution >= 0.6 is 0 Å². The second-order valence-corrected chi connectivity index (χ2v) is 6.90. The van der Waals surface area contributed by atoms with E-state index in [9.17, 15) is 0 Å². The number of hydrogen-bond donors (Lipinski definition) is 1. The molecule has 0 saturated carbocycles. The quantitative estimate of drug-likeness (QED) is 0.732. The number of hydrogen-bond acceptors (Lipinski definition) is 2. The zero-order valence-corrected chi connectivity index (χ0v) is 14.9. The first-order chi connectivity index (χ1) is 9.90. The van der Waals surface area contributed by atoms with Crippen LogP contribution in [0.15, 0.2) is 24.3 Å². The zero-order chi connectivity index (χ0) is 15.9. The van der Waals surface area contributed by atoms with Crippen molar-refractivity contribution in [2.24, 2.45) is 5.41 Å². The van der Waals surface area contributed by atoms with Gasteiger partial charge in [0.15, 0.2) is 0 Å². The molecule has 0 atom stereocenters. The van der Waals surface area contributed by atoms with E-state index < -0.39 is 0 Å². The fraction of sp³-hybridized carbons (Fsp3) is 0.684. The van der Waals surface area contributed by atoms with Crippen LogP contribution in [0.4, 0.5) is 0 Å². The summed E-state index contributed by atoms with van der Waals surface area (Å²) in [4.78, 5) is 2.48. The SMILES string of the molecule is CCC(CC)(CNC(C)C)CN(C)Cc1cccc(C)c1. The number of nitrogens with one attached hydrogen (secondary N) is 1. The second kappa shape index (κ2) is 8.55. The van der Waals surface area contributed by atoms with E-state index in [2.05, 4.69) is 76.1 Å². The fourth-order valence-corrected chi connectivity index (χ4v) is 2.95. The minimum absolute atomic E-state index is 0.378. The van der Waals surface area contributed by atoms with Crippen molar-refractivity contribution < 1.29 is 0 Å². The van der Waals surface area contributed by atoms with E-state index in [1.54, 1.807) is 0 Å². The molecule has 21 heavy (non-hydrogen) atoms. The minimum atomic E-state index is 0.378. The average Bonchev–Trinajstić information content (AvgIpc) is 2.43. The fourth-order valence-electron chi connectivity index (χ4n) is 2.95. The summed E-state index contributed by atoms with van der Waals surface area (Å²) < 4.78 is 0. The van der Waals surface area contributed by atoms with Crippen LogP contribution in [0.25, 0.3) is 0 Å². The van der Waals surface area contributed by atoms with Gasteiger partial charge in [0.1, 0.15) is 0 Å². The van der Waals surface area contributed by atoms with Gasteiger partial charge < -0.3 is 10.2 Å². The lowest BCUT2D eigenvalue weighted by Gasteiger charge is -2.37. The van der Waals surface area contributed by atoms with Crippen molar-refractivity contribution in [1.29, 1.82) is 0 Å². The van der Waals surface area contributed by atoms with Crippen molar-refractivity contribution in [2.45, 2.75) is 60.0 Å². The van der Waals surface area contributed by atoms with Gasteiger partial charge in [-0.25, -0.2) is 0 Å². The average molecular weight is 290 g/mol. The largest absolute Gasteiger partial charge is 0.314 e. The Hall–Kier alpha value is -0.860. The molecule has 0 bridgehead atoms. The summed E-state index contributed by atoms with van der Waals surface area (Å²) in [6.45, 7) is 14.6. The number of rotatable bonds is 9. The molecule has 1 rings (SSSR count). The van der Waals surface area contributed by atoms with Gasteiger partial charge in [-0.05, 0) is 37.8 Å². The summed E-state index contributed by atoms with van der Waals surface area (Å²) in [6, 6.07) is 9.41. The van der Waals surface area contributed by atoms with Gasteiger partial charge in [0.05, 0.1) is 0 Å². The minimum Gasteiger partial charge on any atom is -0.314 e. The van der Waals surface area contributed by atoms with Crippen molar-refractivity contribution >= 4 is 0 Å². The van der Waals surface area contributed by atoms with Gasteiger partial charge in [0, 0.05) is 25.7 Å². The first-order valence-corrected chi connectivity index (χ1v) is 8.38. The van der Waals surface area contributed by atoms with Crippen LogP contribution in [0, 0.1) is 12.3 Å². The third-order valence-corrected chi connectivity index (χ3v) is 4.53. The van der Waals surface area contributed by atoms with Crippen LogP contribution in [0.2, 0.25) is 0 Å². The van der Waals surface area contributed by atoms with Gasteiger partial charge in [0.2, 0.25) is 0 Å². The Balaban J connectivity index is 2.65. The Bertz CT molecular complexity index is 408. The highest BCUT2D eigenvalue weighted by Crippen LogP contribution is 2.27. The molecule has 0 fully saturated rings. The zero-order valence-electron chi connectivity index (χ0n) is 14.9. The molecule has 0 amide bonds. The molecule has 2 nitrogen and oxygen atoms in total. The van der Waals surface area contributed by atoms with Crippen molar-refractivity contribution in [3.63, 3.8) is 0 Å². The summed E-state index contributed by atoms with van der Waals surface area (Å²) >= 11 is 0. The van der Waals surface area contributed by atoms with E-state index in [4.69, 9.17) is 0 Å². The summed E-state index contributed by atoms with van der Waals surface area (Å²) in [5.74, 6) is 0. The molecule has 0 spiro atoms. The molecule has 0 radical (unpaired) electrons. The summed E-state index contributed by atoms with van der Waals surface area (Å²) in [7, 11) is 2.25. The molecule has 1 aromatic rings. The Morgan fingerprint density at radius 2 is 1.86 bits per heavy atom. The van der Waals surface area contributed by atoms with Crippen LogP contribution in [0.1, 0.15) is 51.7 Å². The van der Waals surface area contributed by atoms with Crippen LogP contribution in [0.3, 0.4) is 0 Å².